The monoisotopic (exact) mass is 354 g/mol. The Bertz CT molecular complexity index is 770. The summed E-state index contributed by atoms with van der Waals surface area (Å²) >= 11 is 0. The number of hydrogen-bond donors (Lipinski definition) is 0. The van der Waals surface area contributed by atoms with Crippen molar-refractivity contribution in [1.29, 1.82) is 0 Å². The summed E-state index contributed by atoms with van der Waals surface area (Å²) in [6, 6.07) is 6.97. The van der Waals surface area contributed by atoms with Gasteiger partial charge in [0, 0.05) is 24.3 Å². The van der Waals surface area contributed by atoms with E-state index in [9.17, 15) is 4.79 Å². The van der Waals surface area contributed by atoms with E-state index in [1.54, 1.807) is 0 Å². The van der Waals surface area contributed by atoms with Crippen LogP contribution in [0, 0.1) is 5.92 Å². The summed E-state index contributed by atoms with van der Waals surface area (Å²) in [4.78, 5) is 11.4. The van der Waals surface area contributed by atoms with Crippen molar-refractivity contribution in [3.8, 4) is 0 Å². The van der Waals surface area contributed by atoms with Crippen LogP contribution >= 0.6 is 0 Å². The molecule has 26 heavy (non-hydrogen) atoms. The SMILES string of the molecule is COC(=O)CCCn1nc(C2CCCCC2)c2ccc(CC3CC3)cc21. The third kappa shape index (κ3) is 3.94. The molecule has 0 aliphatic heterocycles. The van der Waals surface area contributed by atoms with Crippen LogP contribution in [0.3, 0.4) is 0 Å². The van der Waals surface area contributed by atoms with Gasteiger partial charge in [-0.05, 0) is 56.1 Å². The van der Waals surface area contributed by atoms with Crippen LogP contribution in [0.4, 0.5) is 0 Å². The molecule has 2 aliphatic rings. The highest BCUT2D eigenvalue weighted by Gasteiger charge is 2.24. The van der Waals surface area contributed by atoms with Gasteiger partial charge in [0.15, 0.2) is 0 Å². The van der Waals surface area contributed by atoms with Gasteiger partial charge in [-0.2, -0.15) is 5.10 Å². The number of methoxy groups -OCH3 is 1. The van der Waals surface area contributed by atoms with Crippen LogP contribution in [-0.4, -0.2) is 22.9 Å². The molecular formula is C22H30N2O2. The number of fused-ring (bicyclic) bond motifs is 1. The van der Waals surface area contributed by atoms with Crippen LogP contribution in [0.15, 0.2) is 18.2 Å². The number of rotatable bonds is 7. The third-order valence-corrected chi connectivity index (χ3v) is 6.04. The van der Waals surface area contributed by atoms with Gasteiger partial charge in [0.05, 0.1) is 18.3 Å². The Morgan fingerprint density at radius 3 is 2.73 bits per heavy atom. The Labute approximate surface area is 155 Å². The zero-order valence-electron chi connectivity index (χ0n) is 15.9. The average molecular weight is 354 g/mol. The molecule has 0 atom stereocenters. The van der Waals surface area contributed by atoms with Gasteiger partial charge in [0.25, 0.3) is 0 Å². The Morgan fingerprint density at radius 1 is 1.19 bits per heavy atom. The number of ether oxygens (including phenoxy) is 1. The first-order valence-electron chi connectivity index (χ1n) is 10.3. The highest BCUT2D eigenvalue weighted by atomic mass is 16.5. The van der Waals surface area contributed by atoms with Crippen molar-refractivity contribution in [1.82, 2.24) is 9.78 Å². The van der Waals surface area contributed by atoms with Crippen molar-refractivity contribution in [2.75, 3.05) is 7.11 Å². The van der Waals surface area contributed by atoms with E-state index in [1.807, 2.05) is 0 Å². The summed E-state index contributed by atoms with van der Waals surface area (Å²) < 4.78 is 6.93. The predicted octanol–water partition coefficient (Wildman–Crippen LogP) is 4.99. The molecule has 0 unspecified atom stereocenters. The minimum atomic E-state index is -0.136. The number of aromatic nitrogens is 2. The normalized spacial score (nSPS) is 18.3. The first kappa shape index (κ1) is 17.6. The van der Waals surface area contributed by atoms with Crippen molar-refractivity contribution in [2.24, 2.45) is 5.92 Å². The average Bonchev–Trinajstić information content (AvgIpc) is 3.42. The quantitative estimate of drug-likeness (QED) is 0.658. The number of carbonyl (C=O) groups is 1. The van der Waals surface area contributed by atoms with Crippen LogP contribution in [0.5, 0.6) is 0 Å². The largest absolute Gasteiger partial charge is 0.469 e. The standard InChI is InChI=1S/C22H30N2O2/c1-26-21(25)8-5-13-24-20-15-17(14-16-9-10-16)11-12-19(20)22(23-24)18-6-3-2-4-7-18/h11-12,15-16,18H,2-10,13-14H2,1H3. The lowest BCUT2D eigenvalue weighted by Gasteiger charge is -2.20. The van der Waals surface area contributed by atoms with Crippen LogP contribution in [0.1, 0.15) is 75.0 Å². The molecule has 2 aromatic rings. The second kappa shape index (κ2) is 7.81. The summed E-state index contributed by atoms with van der Waals surface area (Å²) in [6.45, 7) is 0.783. The Hall–Kier alpha value is -1.84. The van der Waals surface area contributed by atoms with Crippen LogP contribution in [-0.2, 0) is 22.5 Å². The summed E-state index contributed by atoms with van der Waals surface area (Å²) in [7, 11) is 1.46. The predicted molar refractivity (Wildman–Crippen MR) is 103 cm³/mol. The molecule has 1 aromatic carbocycles. The van der Waals surface area contributed by atoms with Gasteiger partial charge in [-0.15, -0.1) is 0 Å². The van der Waals surface area contributed by atoms with Gasteiger partial charge >= 0.3 is 5.97 Å². The molecule has 1 heterocycles. The van der Waals surface area contributed by atoms with Gasteiger partial charge in [0.2, 0.25) is 0 Å². The maximum atomic E-state index is 11.4. The topological polar surface area (TPSA) is 44.1 Å². The second-order valence-electron chi connectivity index (χ2n) is 8.12. The Balaban J connectivity index is 1.61. The fourth-order valence-electron chi connectivity index (χ4n) is 4.35. The summed E-state index contributed by atoms with van der Waals surface area (Å²) in [5, 5.41) is 6.36. The summed E-state index contributed by atoms with van der Waals surface area (Å²) in [5.74, 6) is 1.35. The second-order valence-corrected chi connectivity index (χ2v) is 8.12. The zero-order chi connectivity index (χ0) is 17.9. The van der Waals surface area contributed by atoms with Crippen LogP contribution in [0.25, 0.3) is 10.9 Å². The van der Waals surface area contributed by atoms with Gasteiger partial charge in [-0.25, -0.2) is 0 Å². The van der Waals surface area contributed by atoms with Crippen LogP contribution in [0.2, 0.25) is 0 Å². The molecule has 4 nitrogen and oxygen atoms in total. The maximum Gasteiger partial charge on any atom is 0.305 e. The lowest BCUT2D eigenvalue weighted by atomic mass is 9.86. The molecule has 4 rings (SSSR count). The van der Waals surface area contributed by atoms with E-state index in [2.05, 4.69) is 22.9 Å². The molecule has 4 heteroatoms. The van der Waals surface area contributed by atoms with Crippen molar-refractivity contribution < 1.29 is 9.53 Å². The number of hydrogen-bond acceptors (Lipinski definition) is 3. The van der Waals surface area contributed by atoms with E-state index in [4.69, 9.17) is 9.84 Å². The van der Waals surface area contributed by atoms with Gasteiger partial charge in [-0.1, -0.05) is 31.4 Å². The molecule has 2 aliphatic carbocycles. The fraction of sp³-hybridized carbons (Fsp3) is 0.636. The smallest absolute Gasteiger partial charge is 0.305 e. The molecule has 0 amide bonds. The number of nitrogens with zero attached hydrogens (tertiary/aromatic N) is 2. The lowest BCUT2D eigenvalue weighted by Crippen LogP contribution is -2.08. The van der Waals surface area contributed by atoms with Crippen molar-refractivity contribution >= 4 is 16.9 Å². The number of aryl methyl sites for hydroxylation is 1. The molecule has 0 radical (unpaired) electrons. The molecule has 0 saturated heterocycles. The molecule has 0 bridgehead atoms. The molecule has 0 spiro atoms. The molecule has 2 saturated carbocycles. The van der Waals surface area contributed by atoms with Crippen LogP contribution < -0.4 is 0 Å². The number of benzene rings is 1. The Kier molecular flexibility index (Phi) is 5.28. The molecule has 0 N–H and O–H groups in total. The lowest BCUT2D eigenvalue weighted by molar-refractivity contribution is -0.140. The first-order valence-corrected chi connectivity index (χ1v) is 10.3. The Morgan fingerprint density at radius 2 is 2.00 bits per heavy atom. The van der Waals surface area contributed by atoms with Crippen molar-refractivity contribution in [3.05, 3.63) is 29.5 Å². The number of esters is 1. The van der Waals surface area contributed by atoms with E-state index in [1.165, 1.54) is 80.6 Å². The van der Waals surface area contributed by atoms with E-state index in [0.29, 0.717) is 12.3 Å². The number of carbonyl (C=O) groups excluding carboxylic acids is 1. The highest BCUT2D eigenvalue weighted by molar-refractivity contribution is 5.83. The minimum Gasteiger partial charge on any atom is -0.469 e. The molecule has 1 aromatic heterocycles. The van der Waals surface area contributed by atoms with E-state index >= 15 is 0 Å². The summed E-state index contributed by atoms with van der Waals surface area (Å²) in [6.07, 6.45) is 11.7. The summed E-state index contributed by atoms with van der Waals surface area (Å²) in [5.41, 5.74) is 3.98. The highest BCUT2D eigenvalue weighted by Crippen LogP contribution is 2.37. The minimum absolute atomic E-state index is 0.136. The van der Waals surface area contributed by atoms with E-state index < -0.39 is 0 Å². The molecule has 2 fully saturated rings. The molecular weight excluding hydrogens is 324 g/mol. The van der Waals surface area contributed by atoms with Gasteiger partial charge < -0.3 is 4.74 Å². The molecule has 140 valence electrons. The fourth-order valence-corrected chi connectivity index (χ4v) is 4.35. The van der Waals surface area contributed by atoms with Crippen molar-refractivity contribution in [2.45, 2.75) is 76.7 Å². The van der Waals surface area contributed by atoms with Gasteiger partial charge in [-0.3, -0.25) is 9.48 Å². The maximum absolute atomic E-state index is 11.4. The zero-order valence-corrected chi connectivity index (χ0v) is 15.9. The first-order chi connectivity index (χ1) is 12.7. The van der Waals surface area contributed by atoms with E-state index in [0.717, 1.165) is 18.9 Å². The third-order valence-electron chi connectivity index (χ3n) is 6.04. The van der Waals surface area contributed by atoms with Gasteiger partial charge in [0.1, 0.15) is 0 Å². The van der Waals surface area contributed by atoms with E-state index in [-0.39, 0.29) is 5.97 Å². The van der Waals surface area contributed by atoms with Crippen molar-refractivity contribution in [3.63, 3.8) is 0 Å².